The van der Waals surface area contributed by atoms with Crippen molar-refractivity contribution in [3.63, 3.8) is 0 Å². The highest BCUT2D eigenvalue weighted by atomic mass is 15.2. The second-order valence-electron chi connectivity index (χ2n) is 5.31. The van der Waals surface area contributed by atoms with Crippen molar-refractivity contribution in [3.05, 3.63) is 0 Å². The summed E-state index contributed by atoms with van der Waals surface area (Å²) in [4.78, 5) is 0. The molecule has 13 heavy (non-hydrogen) atoms. The minimum Gasteiger partial charge on any atom is -0.305 e. The molecule has 2 unspecified atom stereocenters. The Labute approximate surface area is 83.3 Å². The van der Waals surface area contributed by atoms with Gasteiger partial charge in [-0.3, -0.25) is 0 Å². The topological polar surface area (TPSA) is 21.9 Å². The van der Waals surface area contributed by atoms with Crippen LogP contribution in [0.3, 0.4) is 0 Å². The van der Waals surface area contributed by atoms with Gasteiger partial charge in [-0.2, -0.15) is 0 Å². The lowest BCUT2D eigenvalue weighted by atomic mass is 9.67. The predicted molar refractivity (Wildman–Crippen MR) is 58.9 cm³/mol. The van der Waals surface area contributed by atoms with Gasteiger partial charge in [-0.05, 0) is 24.2 Å². The minimum atomic E-state index is 0.419. The lowest BCUT2D eigenvalue weighted by Gasteiger charge is -2.38. The van der Waals surface area contributed by atoms with E-state index in [4.69, 9.17) is 0 Å². The van der Waals surface area contributed by atoms with E-state index in [1.54, 1.807) is 0 Å². The van der Waals surface area contributed by atoms with Gasteiger partial charge in [0.25, 0.3) is 0 Å². The van der Waals surface area contributed by atoms with Crippen LogP contribution in [0.2, 0.25) is 0 Å². The van der Waals surface area contributed by atoms with E-state index in [1.807, 2.05) is 0 Å². The van der Waals surface area contributed by atoms with Crippen LogP contribution in [-0.2, 0) is 0 Å². The lowest BCUT2D eigenvalue weighted by molar-refractivity contribution is 0.160. The molecule has 0 aliphatic carbocycles. The van der Waals surface area contributed by atoms with Gasteiger partial charge in [-0.25, -0.2) is 0 Å². The van der Waals surface area contributed by atoms with Crippen LogP contribution in [0.5, 0.6) is 0 Å². The standard InChI is InChI=1S/C12H25N/c1-7-10-12(8-2,13-10)11(5,6)9(3)4/h9-10,13H,7-8H2,1-6H3. The molecule has 0 aromatic heterocycles. The van der Waals surface area contributed by atoms with E-state index in [-0.39, 0.29) is 0 Å². The molecule has 1 heterocycles. The zero-order valence-electron chi connectivity index (χ0n) is 10.1. The smallest absolute Gasteiger partial charge is 0.0389 e. The number of hydrogen-bond acceptors (Lipinski definition) is 1. The summed E-state index contributed by atoms with van der Waals surface area (Å²) in [6, 6.07) is 0.759. The molecule has 0 aromatic carbocycles. The molecular formula is C12H25N. The number of hydrogen-bond donors (Lipinski definition) is 1. The van der Waals surface area contributed by atoms with Gasteiger partial charge in [-0.15, -0.1) is 0 Å². The average Bonchev–Trinajstić information content (AvgIpc) is 2.79. The quantitative estimate of drug-likeness (QED) is 0.664. The largest absolute Gasteiger partial charge is 0.305 e. The van der Waals surface area contributed by atoms with Crippen molar-refractivity contribution in [1.29, 1.82) is 0 Å². The number of nitrogens with one attached hydrogen (secondary N) is 1. The van der Waals surface area contributed by atoms with Crippen LogP contribution < -0.4 is 5.32 Å². The molecule has 0 bridgehead atoms. The summed E-state index contributed by atoms with van der Waals surface area (Å²) in [7, 11) is 0. The fourth-order valence-corrected chi connectivity index (χ4v) is 2.67. The zero-order valence-corrected chi connectivity index (χ0v) is 10.1. The van der Waals surface area contributed by atoms with Gasteiger partial charge in [-0.1, -0.05) is 41.5 Å². The van der Waals surface area contributed by atoms with Crippen LogP contribution in [0.4, 0.5) is 0 Å². The van der Waals surface area contributed by atoms with Gasteiger partial charge in [0.1, 0.15) is 0 Å². The summed E-state index contributed by atoms with van der Waals surface area (Å²) in [6.07, 6.45) is 2.53. The first-order valence-corrected chi connectivity index (χ1v) is 5.70. The second kappa shape index (κ2) is 3.27. The monoisotopic (exact) mass is 183 g/mol. The SMILES string of the molecule is CCC1NC1(CC)C(C)(C)C(C)C. The Morgan fingerprint density at radius 3 is 2.08 bits per heavy atom. The summed E-state index contributed by atoms with van der Waals surface area (Å²) in [5.41, 5.74) is 0.846. The van der Waals surface area contributed by atoms with Crippen LogP contribution in [0.25, 0.3) is 0 Å². The first-order valence-electron chi connectivity index (χ1n) is 5.70. The zero-order chi connectivity index (χ0) is 10.3. The van der Waals surface area contributed by atoms with Crippen LogP contribution in [-0.4, -0.2) is 11.6 Å². The summed E-state index contributed by atoms with van der Waals surface area (Å²) < 4.78 is 0. The van der Waals surface area contributed by atoms with Gasteiger partial charge in [0.05, 0.1) is 0 Å². The normalized spacial score (nSPS) is 33.9. The average molecular weight is 183 g/mol. The molecule has 0 radical (unpaired) electrons. The molecule has 1 aliphatic rings. The minimum absolute atomic E-state index is 0.419. The fraction of sp³-hybridized carbons (Fsp3) is 1.00. The molecular weight excluding hydrogens is 158 g/mol. The Balaban J connectivity index is 2.80. The second-order valence-corrected chi connectivity index (χ2v) is 5.31. The van der Waals surface area contributed by atoms with Crippen molar-refractivity contribution in [2.75, 3.05) is 0 Å². The molecule has 0 amide bonds. The molecule has 0 saturated carbocycles. The van der Waals surface area contributed by atoms with E-state index >= 15 is 0 Å². The van der Waals surface area contributed by atoms with Crippen molar-refractivity contribution in [2.24, 2.45) is 11.3 Å². The van der Waals surface area contributed by atoms with Crippen molar-refractivity contribution in [3.8, 4) is 0 Å². The Hall–Kier alpha value is -0.0400. The summed E-state index contributed by atoms with van der Waals surface area (Å²) in [5, 5.41) is 3.70. The molecule has 1 N–H and O–H groups in total. The summed E-state index contributed by atoms with van der Waals surface area (Å²) in [5.74, 6) is 0.747. The van der Waals surface area contributed by atoms with E-state index < -0.39 is 0 Å². The van der Waals surface area contributed by atoms with Gasteiger partial charge in [0, 0.05) is 11.6 Å². The molecule has 2 atom stereocenters. The van der Waals surface area contributed by atoms with E-state index in [0.29, 0.717) is 11.0 Å². The Kier molecular flexibility index (Phi) is 2.78. The maximum Gasteiger partial charge on any atom is 0.0389 e. The van der Waals surface area contributed by atoms with E-state index in [9.17, 15) is 0 Å². The molecule has 0 aromatic rings. The highest BCUT2D eigenvalue weighted by Crippen LogP contribution is 2.51. The van der Waals surface area contributed by atoms with Crippen molar-refractivity contribution < 1.29 is 0 Å². The number of rotatable bonds is 4. The van der Waals surface area contributed by atoms with Crippen molar-refractivity contribution >= 4 is 0 Å². The van der Waals surface area contributed by atoms with Crippen molar-refractivity contribution in [2.45, 2.75) is 66.0 Å². The van der Waals surface area contributed by atoms with E-state index in [0.717, 1.165) is 12.0 Å². The molecule has 1 rings (SSSR count). The molecule has 0 spiro atoms. The maximum atomic E-state index is 3.70. The lowest BCUT2D eigenvalue weighted by Crippen LogP contribution is -2.40. The van der Waals surface area contributed by atoms with Crippen LogP contribution >= 0.6 is 0 Å². The van der Waals surface area contributed by atoms with E-state index in [2.05, 4.69) is 46.9 Å². The molecule has 78 valence electrons. The molecule has 1 nitrogen and oxygen atoms in total. The van der Waals surface area contributed by atoms with Crippen LogP contribution in [0.15, 0.2) is 0 Å². The third-order valence-electron chi connectivity index (χ3n) is 4.50. The first-order chi connectivity index (χ1) is 5.92. The fourth-order valence-electron chi connectivity index (χ4n) is 2.67. The maximum absolute atomic E-state index is 3.70. The Bertz CT molecular complexity index is 184. The third kappa shape index (κ3) is 1.41. The van der Waals surface area contributed by atoms with Gasteiger partial charge in [0.15, 0.2) is 0 Å². The molecule has 1 fully saturated rings. The van der Waals surface area contributed by atoms with Gasteiger partial charge < -0.3 is 5.32 Å². The molecule has 1 aliphatic heterocycles. The Morgan fingerprint density at radius 2 is 1.85 bits per heavy atom. The van der Waals surface area contributed by atoms with Gasteiger partial charge >= 0.3 is 0 Å². The Morgan fingerprint density at radius 1 is 1.31 bits per heavy atom. The first kappa shape index (κ1) is 11.0. The molecule has 1 heteroatoms. The van der Waals surface area contributed by atoms with Crippen LogP contribution in [0, 0.1) is 11.3 Å². The van der Waals surface area contributed by atoms with Crippen molar-refractivity contribution in [1.82, 2.24) is 5.32 Å². The highest BCUT2D eigenvalue weighted by molar-refractivity contribution is 5.20. The third-order valence-corrected chi connectivity index (χ3v) is 4.50. The van der Waals surface area contributed by atoms with E-state index in [1.165, 1.54) is 12.8 Å². The summed E-state index contributed by atoms with van der Waals surface area (Å²) >= 11 is 0. The molecule has 1 saturated heterocycles. The highest BCUT2D eigenvalue weighted by Gasteiger charge is 2.60. The predicted octanol–water partition coefficient (Wildman–Crippen LogP) is 3.20. The summed E-state index contributed by atoms with van der Waals surface area (Å²) in [6.45, 7) is 14.1. The van der Waals surface area contributed by atoms with Gasteiger partial charge in [0.2, 0.25) is 0 Å². The van der Waals surface area contributed by atoms with Crippen LogP contribution in [0.1, 0.15) is 54.4 Å².